The van der Waals surface area contributed by atoms with E-state index in [0.717, 1.165) is 5.56 Å². The summed E-state index contributed by atoms with van der Waals surface area (Å²) in [5, 5.41) is 9.52. The van der Waals surface area contributed by atoms with Crippen molar-refractivity contribution in [3.63, 3.8) is 0 Å². The molecule has 1 N–H and O–H groups in total. The normalized spacial score (nSPS) is 19.4. The van der Waals surface area contributed by atoms with Crippen LogP contribution in [0.15, 0.2) is 53.4 Å². The van der Waals surface area contributed by atoms with Gasteiger partial charge in [0.15, 0.2) is 0 Å². The topological polar surface area (TPSA) is 110 Å². The molecule has 2 aromatic rings. The highest BCUT2D eigenvalue weighted by Crippen LogP contribution is 2.39. The molecule has 0 aliphatic carbocycles. The van der Waals surface area contributed by atoms with Gasteiger partial charge < -0.3 is 14.6 Å². The molecule has 0 radical (unpaired) electrons. The second kappa shape index (κ2) is 7.51. The van der Waals surface area contributed by atoms with Gasteiger partial charge in [0.25, 0.3) is 10.0 Å². The van der Waals surface area contributed by atoms with Crippen molar-refractivity contribution in [2.75, 3.05) is 6.61 Å². The quantitative estimate of drug-likeness (QED) is 0.761. The van der Waals surface area contributed by atoms with Gasteiger partial charge in [-0.25, -0.2) is 18.0 Å². The third-order valence-corrected chi connectivity index (χ3v) is 6.04. The number of benzene rings is 2. The molecule has 0 saturated carbocycles. The summed E-state index contributed by atoms with van der Waals surface area (Å²) in [6.45, 7) is 3.43. The van der Waals surface area contributed by atoms with Crippen molar-refractivity contribution >= 4 is 22.1 Å². The summed E-state index contributed by atoms with van der Waals surface area (Å²) in [7, 11) is -4.30. The minimum Gasteiger partial charge on any atom is -0.508 e. The lowest BCUT2D eigenvalue weighted by molar-refractivity contribution is -0.152. The second-order valence-corrected chi connectivity index (χ2v) is 8.02. The standard InChI is InChI=1S/C19H19NO7S/c1-3-26-18(22)17-16(13-6-8-14(21)9-7-13)20(19(23)27-17)28(24,25)15-10-4-12(2)5-11-15/h4-11,16-17,21H,3H2,1-2H3/t16-,17-/m1/s1. The molecule has 9 heteroatoms. The SMILES string of the molecule is CCOC(=O)[C@@H]1OC(=O)N(S(=O)(=O)c2ccc(C)cc2)[C@@H]1c1ccc(O)cc1. The van der Waals surface area contributed by atoms with E-state index in [1.54, 1.807) is 26.0 Å². The molecule has 8 nitrogen and oxygen atoms in total. The average Bonchev–Trinajstić information content (AvgIpc) is 3.01. The van der Waals surface area contributed by atoms with Crippen molar-refractivity contribution in [2.45, 2.75) is 30.9 Å². The van der Waals surface area contributed by atoms with Crippen LogP contribution in [-0.2, 0) is 24.3 Å². The molecule has 0 aromatic heterocycles. The third-order valence-electron chi connectivity index (χ3n) is 4.28. The van der Waals surface area contributed by atoms with Crippen molar-refractivity contribution in [3.8, 4) is 5.75 Å². The highest BCUT2D eigenvalue weighted by atomic mass is 32.2. The smallest absolute Gasteiger partial charge is 0.425 e. The molecule has 1 aliphatic rings. The van der Waals surface area contributed by atoms with E-state index in [9.17, 15) is 23.1 Å². The molecular weight excluding hydrogens is 386 g/mol. The second-order valence-electron chi connectivity index (χ2n) is 6.21. The molecule has 28 heavy (non-hydrogen) atoms. The molecular formula is C19H19NO7S. The van der Waals surface area contributed by atoms with E-state index in [4.69, 9.17) is 9.47 Å². The Balaban J connectivity index is 2.11. The van der Waals surface area contributed by atoms with Crippen LogP contribution in [0.4, 0.5) is 4.79 Å². The zero-order chi connectivity index (χ0) is 20.5. The number of esters is 1. The number of rotatable bonds is 5. The van der Waals surface area contributed by atoms with Gasteiger partial charge >= 0.3 is 12.1 Å². The van der Waals surface area contributed by atoms with E-state index in [0.29, 0.717) is 9.87 Å². The number of aromatic hydroxyl groups is 1. The highest BCUT2D eigenvalue weighted by molar-refractivity contribution is 7.89. The van der Waals surface area contributed by atoms with Gasteiger partial charge in [0.2, 0.25) is 6.10 Å². The molecule has 1 heterocycles. The van der Waals surface area contributed by atoms with E-state index in [-0.39, 0.29) is 17.3 Å². The summed E-state index contributed by atoms with van der Waals surface area (Å²) in [5.41, 5.74) is 1.15. The number of amides is 1. The van der Waals surface area contributed by atoms with E-state index in [2.05, 4.69) is 0 Å². The zero-order valence-electron chi connectivity index (χ0n) is 15.2. The number of carbonyl (C=O) groups excluding carboxylic acids is 2. The Bertz CT molecular complexity index is 984. The fourth-order valence-corrected chi connectivity index (χ4v) is 4.39. The van der Waals surface area contributed by atoms with E-state index < -0.39 is 34.2 Å². The molecule has 148 valence electrons. The maximum atomic E-state index is 13.2. The van der Waals surface area contributed by atoms with E-state index in [1.807, 2.05) is 0 Å². The van der Waals surface area contributed by atoms with Crippen molar-refractivity contribution < 1.29 is 32.6 Å². The van der Waals surface area contributed by atoms with Gasteiger partial charge in [-0.3, -0.25) is 0 Å². The monoisotopic (exact) mass is 405 g/mol. The van der Waals surface area contributed by atoms with Gasteiger partial charge in [-0.15, -0.1) is 0 Å². The first-order valence-electron chi connectivity index (χ1n) is 8.53. The van der Waals surface area contributed by atoms with Gasteiger partial charge in [-0.05, 0) is 43.7 Å². The van der Waals surface area contributed by atoms with Crippen LogP contribution in [0.2, 0.25) is 0 Å². The molecule has 2 aromatic carbocycles. The lowest BCUT2D eigenvalue weighted by atomic mass is 10.0. The summed E-state index contributed by atoms with van der Waals surface area (Å²) in [6.07, 6.45) is -2.63. The van der Waals surface area contributed by atoms with Crippen molar-refractivity contribution in [1.29, 1.82) is 0 Å². The Morgan fingerprint density at radius 2 is 1.75 bits per heavy atom. The Labute approximate surface area is 162 Å². The number of cyclic esters (lactones) is 1. The van der Waals surface area contributed by atoms with Crippen molar-refractivity contribution in [2.24, 2.45) is 0 Å². The minimum atomic E-state index is -4.30. The molecule has 1 amide bonds. The van der Waals surface area contributed by atoms with Crippen LogP contribution in [0, 0.1) is 6.92 Å². The number of hydrogen-bond donors (Lipinski definition) is 1. The summed E-state index contributed by atoms with van der Waals surface area (Å²) < 4.78 is 36.9. The number of hydrogen-bond acceptors (Lipinski definition) is 7. The van der Waals surface area contributed by atoms with Gasteiger partial charge in [-0.2, -0.15) is 4.31 Å². The van der Waals surface area contributed by atoms with E-state index in [1.165, 1.54) is 36.4 Å². The molecule has 2 atom stereocenters. The Hall–Kier alpha value is -3.07. The molecule has 3 rings (SSSR count). The van der Waals surface area contributed by atoms with Crippen LogP contribution >= 0.6 is 0 Å². The lowest BCUT2D eigenvalue weighted by Crippen LogP contribution is -2.37. The van der Waals surface area contributed by atoms with Gasteiger partial charge in [0.1, 0.15) is 11.8 Å². The minimum absolute atomic E-state index is 0.0416. The van der Waals surface area contributed by atoms with Crippen LogP contribution < -0.4 is 0 Å². The van der Waals surface area contributed by atoms with Crippen molar-refractivity contribution in [1.82, 2.24) is 4.31 Å². The predicted octanol–water partition coefficient (Wildman–Crippen LogP) is 2.51. The highest BCUT2D eigenvalue weighted by Gasteiger charge is 2.53. The van der Waals surface area contributed by atoms with E-state index >= 15 is 0 Å². The maximum Gasteiger partial charge on any atom is 0.425 e. The molecule has 1 aliphatic heterocycles. The van der Waals surface area contributed by atoms with Gasteiger partial charge in [-0.1, -0.05) is 29.8 Å². The summed E-state index contributed by atoms with van der Waals surface area (Å²) in [4.78, 5) is 24.7. The first-order valence-corrected chi connectivity index (χ1v) is 9.97. The first kappa shape index (κ1) is 19.7. The summed E-state index contributed by atoms with van der Waals surface area (Å²) in [6, 6.07) is 10.2. The molecule has 0 spiro atoms. The van der Waals surface area contributed by atoms with Gasteiger partial charge in [0.05, 0.1) is 11.5 Å². The molecule has 1 saturated heterocycles. The first-order chi connectivity index (χ1) is 13.3. The van der Waals surface area contributed by atoms with Gasteiger partial charge in [0, 0.05) is 0 Å². The maximum absolute atomic E-state index is 13.2. The molecule has 0 bridgehead atoms. The number of phenols is 1. The number of ether oxygens (including phenoxy) is 2. The van der Waals surface area contributed by atoms with Crippen LogP contribution in [0.5, 0.6) is 5.75 Å². The molecule has 0 unspecified atom stereocenters. The third kappa shape index (κ3) is 3.53. The van der Waals surface area contributed by atoms with Crippen LogP contribution in [0.25, 0.3) is 0 Å². The Kier molecular flexibility index (Phi) is 5.28. The van der Waals surface area contributed by atoms with Crippen molar-refractivity contribution in [3.05, 3.63) is 59.7 Å². The fourth-order valence-electron chi connectivity index (χ4n) is 2.92. The van der Waals surface area contributed by atoms with Crippen LogP contribution in [0.1, 0.15) is 24.1 Å². The summed E-state index contributed by atoms with van der Waals surface area (Å²) >= 11 is 0. The number of carbonyl (C=O) groups is 2. The Morgan fingerprint density at radius 1 is 1.14 bits per heavy atom. The number of phenolic OH excluding ortho intramolecular Hbond substituents is 1. The lowest BCUT2D eigenvalue weighted by Gasteiger charge is -2.24. The van der Waals surface area contributed by atoms with Crippen LogP contribution in [-0.4, -0.2) is 42.6 Å². The Morgan fingerprint density at radius 3 is 2.32 bits per heavy atom. The zero-order valence-corrected chi connectivity index (χ0v) is 16.0. The average molecular weight is 405 g/mol. The van der Waals surface area contributed by atoms with Crippen LogP contribution in [0.3, 0.4) is 0 Å². The fraction of sp³-hybridized carbons (Fsp3) is 0.263. The number of aryl methyl sites for hydroxylation is 1. The largest absolute Gasteiger partial charge is 0.508 e. The number of sulfonamides is 1. The molecule has 1 fully saturated rings. The summed E-state index contributed by atoms with van der Waals surface area (Å²) in [5.74, 6) is -0.898. The number of nitrogens with zero attached hydrogens (tertiary/aromatic N) is 1. The predicted molar refractivity (Wildman–Crippen MR) is 98.0 cm³/mol.